The third kappa shape index (κ3) is 6.20. The molecule has 11 heteroatoms. The van der Waals surface area contributed by atoms with Crippen LogP contribution in [0.3, 0.4) is 0 Å². The smallest absolute Gasteiger partial charge is 0.293 e. The molecule has 3 rings (SSSR count). The molecule has 0 spiro atoms. The van der Waals surface area contributed by atoms with Crippen molar-refractivity contribution in [2.45, 2.75) is 6.92 Å². The first kappa shape index (κ1) is 24.5. The second kappa shape index (κ2) is 10.2. The van der Waals surface area contributed by atoms with Crippen molar-refractivity contribution < 1.29 is 27.2 Å². The Hall–Kier alpha value is -3.18. The van der Waals surface area contributed by atoms with Gasteiger partial charge in [-0.25, -0.2) is 12.8 Å². The molecule has 0 unspecified atom stereocenters. The van der Waals surface area contributed by atoms with Crippen LogP contribution in [0.15, 0.2) is 53.4 Å². The number of carbonyl (C=O) groups excluding carboxylic acids is 3. The van der Waals surface area contributed by atoms with E-state index in [0.29, 0.717) is 16.8 Å². The fourth-order valence-electron chi connectivity index (χ4n) is 3.12. The lowest BCUT2D eigenvalue weighted by Gasteiger charge is -2.23. The normalized spacial score (nSPS) is 15.2. The summed E-state index contributed by atoms with van der Waals surface area (Å²) in [6, 6.07) is 12.3. The van der Waals surface area contributed by atoms with Crippen LogP contribution in [-0.4, -0.2) is 56.3 Å². The summed E-state index contributed by atoms with van der Waals surface area (Å²) >= 11 is 0.757. The Morgan fingerprint density at radius 3 is 2.45 bits per heavy atom. The number of halogens is 1. The number of sulfonamides is 1. The standard InChI is InChI=1S/C22H22FN3O5S2/c1-15-5-3-4-6-18(15)26(33(2,30)31)14-20(27)24-11-12-25-21(28)19(32-22(25)29)13-16-7-9-17(23)10-8-16/h3-10,13H,11-12,14H2,1-2H3,(H,24,27)/b19-13-. The average Bonchev–Trinajstić information content (AvgIpc) is 3.01. The van der Waals surface area contributed by atoms with Crippen LogP contribution < -0.4 is 9.62 Å². The van der Waals surface area contributed by atoms with Crippen molar-refractivity contribution in [3.05, 3.63) is 70.4 Å². The van der Waals surface area contributed by atoms with Crippen LogP contribution in [0.25, 0.3) is 6.08 Å². The van der Waals surface area contributed by atoms with Crippen LogP contribution in [-0.2, 0) is 19.6 Å². The highest BCUT2D eigenvalue weighted by atomic mass is 32.2. The zero-order valence-corrected chi connectivity index (χ0v) is 19.6. The Labute approximate surface area is 195 Å². The number of amides is 3. The van der Waals surface area contributed by atoms with E-state index in [1.807, 2.05) is 0 Å². The van der Waals surface area contributed by atoms with Crippen LogP contribution in [0.5, 0.6) is 0 Å². The van der Waals surface area contributed by atoms with Crippen molar-refractivity contribution in [2.75, 3.05) is 30.2 Å². The molecule has 1 saturated heterocycles. The van der Waals surface area contributed by atoms with E-state index in [2.05, 4.69) is 5.32 Å². The summed E-state index contributed by atoms with van der Waals surface area (Å²) in [6.45, 7) is 1.20. The molecule has 3 amide bonds. The van der Waals surface area contributed by atoms with Gasteiger partial charge in [0, 0.05) is 13.1 Å². The highest BCUT2D eigenvalue weighted by Gasteiger charge is 2.34. The molecule has 1 N–H and O–H groups in total. The van der Waals surface area contributed by atoms with Crippen LogP contribution in [0.2, 0.25) is 0 Å². The van der Waals surface area contributed by atoms with Gasteiger partial charge < -0.3 is 5.32 Å². The van der Waals surface area contributed by atoms with Gasteiger partial charge >= 0.3 is 0 Å². The van der Waals surface area contributed by atoms with Gasteiger partial charge in [0.2, 0.25) is 15.9 Å². The minimum absolute atomic E-state index is 0.0356. The van der Waals surface area contributed by atoms with E-state index in [4.69, 9.17) is 0 Å². The minimum atomic E-state index is -3.71. The molecule has 1 aliphatic heterocycles. The van der Waals surface area contributed by atoms with Crippen LogP contribution in [0.1, 0.15) is 11.1 Å². The molecule has 0 atom stereocenters. The summed E-state index contributed by atoms with van der Waals surface area (Å²) in [5.41, 5.74) is 1.67. The third-order valence-electron chi connectivity index (χ3n) is 4.77. The van der Waals surface area contributed by atoms with Crippen molar-refractivity contribution in [3.8, 4) is 0 Å². The molecular formula is C22H22FN3O5S2. The van der Waals surface area contributed by atoms with Gasteiger partial charge in [0.15, 0.2) is 0 Å². The molecule has 174 valence electrons. The molecule has 0 saturated carbocycles. The van der Waals surface area contributed by atoms with Crippen LogP contribution in [0.4, 0.5) is 14.9 Å². The van der Waals surface area contributed by atoms with Gasteiger partial charge in [-0.15, -0.1) is 0 Å². The highest BCUT2D eigenvalue weighted by Crippen LogP contribution is 2.31. The average molecular weight is 492 g/mol. The minimum Gasteiger partial charge on any atom is -0.353 e. The van der Waals surface area contributed by atoms with Gasteiger partial charge in [-0.05, 0) is 54.1 Å². The van der Waals surface area contributed by atoms with Gasteiger partial charge in [-0.2, -0.15) is 0 Å². The number of thioether (sulfide) groups is 1. The van der Waals surface area contributed by atoms with Crippen molar-refractivity contribution in [1.82, 2.24) is 10.2 Å². The molecule has 0 aliphatic carbocycles. The van der Waals surface area contributed by atoms with Crippen molar-refractivity contribution in [2.24, 2.45) is 0 Å². The predicted molar refractivity (Wildman–Crippen MR) is 125 cm³/mol. The molecule has 0 aromatic heterocycles. The number of imide groups is 1. The van der Waals surface area contributed by atoms with Gasteiger partial charge in [-0.3, -0.25) is 23.6 Å². The summed E-state index contributed by atoms with van der Waals surface area (Å²) in [7, 11) is -3.71. The summed E-state index contributed by atoms with van der Waals surface area (Å²) < 4.78 is 38.5. The van der Waals surface area contributed by atoms with Gasteiger partial charge in [-0.1, -0.05) is 30.3 Å². The fraction of sp³-hybridized carbons (Fsp3) is 0.227. The van der Waals surface area contributed by atoms with E-state index < -0.39 is 39.4 Å². The lowest BCUT2D eigenvalue weighted by atomic mass is 10.2. The first-order valence-corrected chi connectivity index (χ1v) is 12.5. The largest absolute Gasteiger partial charge is 0.353 e. The number of hydrogen-bond donors (Lipinski definition) is 1. The van der Waals surface area contributed by atoms with Crippen LogP contribution >= 0.6 is 11.8 Å². The van der Waals surface area contributed by atoms with E-state index >= 15 is 0 Å². The molecule has 2 aromatic rings. The second-order valence-corrected chi connectivity index (χ2v) is 10.2. The quantitative estimate of drug-likeness (QED) is 0.570. The van der Waals surface area contributed by atoms with Gasteiger partial charge in [0.05, 0.1) is 16.8 Å². The maximum atomic E-state index is 13.0. The molecule has 2 aromatic carbocycles. The molecule has 33 heavy (non-hydrogen) atoms. The van der Waals surface area contributed by atoms with E-state index in [0.717, 1.165) is 27.2 Å². The summed E-state index contributed by atoms with van der Waals surface area (Å²) in [5, 5.41) is 2.07. The molecule has 0 radical (unpaired) electrons. The summed E-state index contributed by atoms with van der Waals surface area (Å²) in [5.74, 6) is -1.49. The second-order valence-electron chi connectivity index (χ2n) is 7.29. The van der Waals surface area contributed by atoms with Crippen molar-refractivity contribution in [1.29, 1.82) is 0 Å². The number of nitrogens with one attached hydrogen (secondary N) is 1. The number of benzene rings is 2. The number of anilines is 1. The molecular weight excluding hydrogens is 469 g/mol. The molecule has 8 nitrogen and oxygen atoms in total. The summed E-state index contributed by atoms with van der Waals surface area (Å²) in [6.07, 6.45) is 2.51. The number of rotatable bonds is 8. The summed E-state index contributed by atoms with van der Waals surface area (Å²) in [4.78, 5) is 38.3. The molecule has 1 fully saturated rings. The van der Waals surface area contributed by atoms with E-state index in [1.165, 1.54) is 30.3 Å². The Morgan fingerprint density at radius 2 is 1.82 bits per heavy atom. The zero-order valence-electron chi connectivity index (χ0n) is 17.9. The van der Waals surface area contributed by atoms with Gasteiger partial charge in [0.25, 0.3) is 11.1 Å². The Kier molecular flexibility index (Phi) is 7.54. The SMILES string of the molecule is Cc1ccccc1N(CC(=O)NCCN1C(=O)S/C(=C\c2ccc(F)cc2)C1=O)S(C)(=O)=O. The number of carbonyl (C=O) groups is 3. The number of aryl methyl sites for hydroxylation is 1. The van der Waals surface area contributed by atoms with E-state index in [1.54, 1.807) is 31.2 Å². The van der Waals surface area contributed by atoms with E-state index in [-0.39, 0.29) is 18.0 Å². The first-order valence-electron chi connectivity index (χ1n) is 9.87. The molecule has 1 aliphatic rings. The Balaban J connectivity index is 1.59. The van der Waals surface area contributed by atoms with Gasteiger partial charge in [0.1, 0.15) is 12.4 Å². The van der Waals surface area contributed by atoms with Crippen molar-refractivity contribution >= 4 is 50.6 Å². The van der Waals surface area contributed by atoms with Crippen molar-refractivity contribution in [3.63, 3.8) is 0 Å². The Morgan fingerprint density at radius 1 is 1.15 bits per heavy atom. The zero-order chi connectivity index (χ0) is 24.2. The number of hydrogen-bond acceptors (Lipinski definition) is 6. The van der Waals surface area contributed by atoms with Crippen LogP contribution in [0, 0.1) is 12.7 Å². The number of para-hydroxylation sites is 1. The molecule has 1 heterocycles. The number of nitrogens with zero attached hydrogens (tertiary/aromatic N) is 2. The third-order valence-corrected chi connectivity index (χ3v) is 6.80. The maximum absolute atomic E-state index is 13.0. The fourth-order valence-corrected chi connectivity index (χ4v) is 4.90. The van der Waals surface area contributed by atoms with E-state index in [9.17, 15) is 27.2 Å². The lowest BCUT2D eigenvalue weighted by molar-refractivity contribution is -0.123. The maximum Gasteiger partial charge on any atom is 0.293 e. The topological polar surface area (TPSA) is 104 Å². The Bertz CT molecular complexity index is 1210. The monoisotopic (exact) mass is 491 g/mol. The first-order chi connectivity index (χ1) is 15.6. The molecule has 0 bridgehead atoms. The lowest BCUT2D eigenvalue weighted by Crippen LogP contribution is -2.43. The highest BCUT2D eigenvalue weighted by molar-refractivity contribution is 8.18. The predicted octanol–water partition coefficient (Wildman–Crippen LogP) is 2.75.